The van der Waals surface area contributed by atoms with Crippen molar-refractivity contribution in [3.8, 4) is 0 Å². The molecule has 210 valence electrons. The number of rotatable bonds is 9. The van der Waals surface area contributed by atoms with E-state index in [4.69, 9.17) is 9.72 Å². The molecule has 39 heavy (non-hydrogen) atoms. The number of carbonyl (C=O) groups is 2. The minimum Gasteiger partial charge on any atom is -0.444 e. The Morgan fingerprint density at radius 1 is 1.13 bits per heavy atom. The molecule has 2 aromatic heterocycles. The van der Waals surface area contributed by atoms with Crippen LogP contribution in [0.25, 0.3) is 5.65 Å². The number of aryl methyl sites for hydroxylation is 1. The average Bonchev–Trinajstić information content (AvgIpc) is 3.46. The molecule has 2 atom stereocenters. The predicted octanol–water partition coefficient (Wildman–Crippen LogP) is 5.30. The Hall–Kier alpha value is -3.39. The lowest BCUT2D eigenvalue weighted by Gasteiger charge is -2.22. The van der Waals surface area contributed by atoms with Gasteiger partial charge in [0.25, 0.3) is 5.91 Å². The van der Waals surface area contributed by atoms with Gasteiger partial charge in [-0.25, -0.2) is 9.78 Å². The molecule has 3 aromatic rings. The number of amides is 2. The number of pyridine rings is 1. The third-order valence-corrected chi connectivity index (χ3v) is 6.97. The molecule has 4 rings (SSSR count). The van der Waals surface area contributed by atoms with Gasteiger partial charge in [-0.2, -0.15) is 0 Å². The predicted molar refractivity (Wildman–Crippen MR) is 154 cm³/mol. The van der Waals surface area contributed by atoms with Gasteiger partial charge in [0.2, 0.25) is 0 Å². The highest BCUT2D eigenvalue weighted by Crippen LogP contribution is 2.24. The van der Waals surface area contributed by atoms with E-state index in [9.17, 15) is 9.59 Å². The first-order valence-corrected chi connectivity index (χ1v) is 14.0. The molecule has 2 N–H and O–H groups in total. The van der Waals surface area contributed by atoms with Crippen molar-refractivity contribution in [1.82, 2.24) is 24.9 Å². The van der Waals surface area contributed by atoms with E-state index < -0.39 is 5.60 Å². The second kappa shape index (κ2) is 12.2. The van der Waals surface area contributed by atoms with E-state index in [0.717, 1.165) is 37.3 Å². The summed E-state index contributed by atoms with van der Waals surface area (Å²) in [7, 11) is 0. The van der Waals surface area contributed by atoms with Gasteiger partial charge in [-0.1, -0.05) is 49.7 Å². The van der Waals surface area contributed by atoms with E-state index in [1.54, 1.807) is 0 Å². The maximum absolute atomic E-state index is 13.3. The number of likely N-dealkylation sites (tertiary alicyclic amines) is 1. The minimum atomic E-state index is -0.515. The molecular weight excluding hydrogens is 490 g/mol. The quantitative estimate of drug-likeness (QED) is 0.390. The van der Waals surface area contributed by atoms with Crippen molar-refractivity contribution in [1.29, 1.82) is 0 Å². The highest BCUT2D eigenvalue weighted by molar-refractivity contribution is 5.93. The summed E-state index contributed by atoms with van der Waals surface area (Å²) in [5.74, 6) is 0.676. The molecule has 1 unspecified atom stereocenters. The number of nitrogens with one attached hydrogen (secondary N) is 2. The van der Waals surface area contributed by atoms with Crippen LogP contribution in [0.5, 0.6) is 0 Å². The van der Waals surface area contributed by atoms with Crippen molar-refractivity contribution in [3.05, 3.63) is 71.2 Å². The van der Waals surface area contributed by atoms with E-state index >= 15 is 0 Å². The summed E-state index contributed by atoms with van der Waals surface area (Å²) in [6, 6.07) is 14.3. The number of nitrogens with zero attached hydrogens (tertiary/aromatic N) is 3. The normalized spacial score (nSPS) is 16.9. The van der Waals surface area contributed by atoms with Gasteiger partial charge >= 0.3 is 6.09 Å². The molecule has 0 aliphatic carbocycles. The fraction of sp³-hybridized carbons (Fsp3) is 0.516. The number of imidazole rings is 1. The minimum absolute atomic E-state index is 0.0468. The first kappa shape index (κ1) is 28.6. The Labute approximate surface area is 232 Å². The van der Waals surface area contributed by atoms with E-state index in [-0.39, 0.29) is 24.0 Å². The van der Waals surface area contributed by atoms with Crippen LogP contribution >= 0.6 is 0 Å². The topological polar surface area (TPSA) is 88.0 Å². The molecule has 8 heteroatoms. The van der Waals surface area contributed by atoms with Crippen molar-refractivity contribution in [2.45, 2.75) is 78.5 Å². The Morgan fingerprint density at radius 3 is 2.56 bits per heavy atom. The molecule has 1 aliphatic heterocycles. The second-order valence-electron chi connectivity index (χ2n) is 12.2. The van der Waals surface area contributed by atoms with Crippen molar-refractivity contribution in [2.75, 3.05) is 19.6 Å². The summed E-state index contributed by atoms with van der Waals surface area (Å²) in [4.78, 5) is 32.5. The van der Waals surface area contributed by atoms with Crippen LogP contribution in [-0.4, -0.2) is 57.6 Å². The van der Waals surface area contributed by atoms with Crippen LogP contribution in [0.2, 0.25) is 0 Å². The number of benzene rings is 1. The van der Waals surface area contributed by atoms with Gasteiger partial charge in [0.15, 0.2) is 0 Å². The van der Waals surface area contributed by atoms with Gasteiger partial charge < -0.3 is 15.4 Å². The summed E-state index contributed by atoms with van der Waals surface area (Å²) in [5, 5.41) is 6.15. The first-order chi connectivity index (χ1) is 18.5. The van der Waals surface area contributed by atoms with Gasteiger partial charge in [0.05, 0.1) is 5.69 Å². The first-order valence-electron chi connectivity index (χ1n) is 14.0. The number of hydrogen-bond acceptors (Lipinski definition) is 5. The van der Waals surface area contributed by atoms with E-state index in [1.165, 1.54) is 11.1 Å². The van der Waals surface area contributed by atoms with E-state index in [2.05, 4.69) is 60.6 Å². The Bertz CT molecular complexity index is 1280. The molecule has 3 heterocycles. The van der Waals surface area contributed by atoms with Crippen molar-refractivity contribution >= 4 is 17.6 Å². The van der Waals surface area contributed by atoms with Crippen molar-refractivity contribution < 1.29 is 14.3 Å². The molecule has 0 saturated carbocycles. The summed E-state index contributed by atoms with van der Waals surface area (Å²) in [6.45, 7) is 14.9. The lowest BCUT2D eigenvalue weighted by molar-refractivity contribution is 0.0505. The molecule has 2 amide bonds. The highest BCUT2D eigenvalue weighted by atomic mass is 16.6. The van der Waals surface area contributed by atoms with Crippen LogP contribution in [-0.2, 0) is 11.3 Å². The van der Waals surface area contributed by atoms with Gasteiger partial charge in [0, 0.05) is 44.3 Å². The number of ether oxygens (including phenoxy) is 1. The van der Waals surface area contributed by atoms with Crippen molar-refractivity contribution in [2.24, 2.45) is 5.92 Å². The number of fused-ring (bicyclic) bond motifs is 1. The molecule has 0 bridgehead atoms. The van der Waals surface area contributed by atoms with Gasteiger partial charge in [0.1, 0.15) is 16.9 Å². The number of carbonyl (C=O) groups excluding carboxylic acids is 2. The zero-order valence-electron chi connectivity index (χ0n) is 24.2. The molecule has 1 aromatic carbocycles. The van der Waals surface area contributed by atoms with Crippen LogP contribution in [0, 0.1) is 12.8 Å². The molecule has 0 radical (unpaired) electrons. The lowest BCUT2D eigenvalue weighted by Crippen LogP contribution is -2.40. The molecule has 8 nitrogen and oxygen atoms in total. The monoisotopic (exact) mass is 533 g/mol. The standard InChI is InChI=1S/C31H43N5O3/c1-21(2)16-24(23-12-10-22(3)11-13-23)17-32-29(37)27-8-7-9-28-33-26(20-36(27)28)19-35-15-14-25(18-35)34-30(38)39-31(4,5)6/h7-13,20-21,24-25H,14-19H2,1-6H3,(H,32,37)(H,34,38)/t24?,25-/m1/s1. The largest absolute Gasteiger partial charge is 0.444 e. The highest BCUT2D eigenvalue weighted by Gasteiger charge is 2.27. The van der Waals surface area contributed by atoms with Gasteiger partial charge in [-0.3, -0.25) is 14.1 Å². The SMILES string of the molecule is Cc1ccc(C(CNC(=O)c2cccc3nc(CN4CC[C@@H](NC(=O)OC(C)(C)C)C4)cn23)CC(C)C)cc1. The number of aromatic nitrogens is 2. The van der Waals surface area contributed by atoms with Gasteiger partial charge in [-0.15, -0.1) is 0 Å². The fourth-order valence-corrected chi connectivity index (χ4v) is 5.17. The summed E-state index contributed by atoms with van der Waals surface area (Å²) < 4.78 is 7.27. The smallest absolute Gasteiger partial charge is 0.407 e. The third-order valence-electron chi connectivity index (χ3n) is 6.97. The zero-order valence-corrected chi connectivity index (χ0v) is 24.2. The Balaban J connectivity index is 1.39. The fourth-order valence-electron chi connectivity index (χ4n) is 5.17. The van der Waals surface area contributed by atoms with Gasteiger partial charge in [-0.05, 0) is 64.2 Å². The van der Waals surface area contributed by atoms with Crippen molar-refractivity contribution in [3.63, 3.8) is 0 Å². The second-order valence-corrected chi connectivity index (χ2v) is 12.2. The number of alkyl carbamates (subject to hydrolysis) is 1. The average molecular weight is 534 g/mol. The van der Waals surface area contributed by atoms with E-state index in [1.807, 2.05) is 49.6 Å². The lowest BCUT2D eigenvalue weighted by atomic mass is 9.90. The summed E-state index contributed by atoms with van der Waals surface area (Å²) in [5.41, 5.74) is 4.19. The summed E-state index contributed by atoms with van der Waals surface area (Å²) in [6.07, 6.45) is 3.43. The summed E-state index contributed by atoms with van der Waals surface area (Å²) >= 11 is 0. The molecule has 1 fully saturated rings. The maximum Gasteiger partial charge on any atom is 0.407 e. The Kier molecular flexibility index (Phi) is 8.95. The number of hydrogen-bond donors (Lipinski definition) is 2. The molecule has 1 saturated heterocycles. The van der Waals surface area contributed by atoms with Crippen LogP contribution in [0.4, 0.5) is 4.79 Å². The van der Waals surface area contributed by atoms with E-state index in [0.29, 0.717) is 24.7 Å². The van der Waals surface area contributed by atoms with Crippen LogP contribution in [0.15, 0.2) is 48.7 Å². The van der Waals surface area contributed by atoms with Crippen LogP contribution < -0.4 is 10.6 Å². The van der Waals surface area contributed by atoms with Crippen LogP contribution in [0.1, 0.15) is 80.7 Å². The molecule has 0 spiro atoms. The Morgan fingerprint density at radius 2 is 1.87 bits per heavy atom. The zero-order chi connectivity index (χ0) is 28.2. The third kappa shape index (κ3) is 8.05. The molecular formula is C31H43N5O3. The van der Waals surface area contributed by atoms with Crippen LogP contribution in [0.3, 0.4) is 0 Å². The maximum atomic E-state index is 13.3. The molecule has 1 aliphatic rings.